The molecule has 39 heavy (non-hydrogen) atoms. The fraction of sp³-hybridized carbons (Fsp3) is 0.520. The normalized spacial score (nSPS) is 21.5. The molecule has 11 nitrogen and oxygen atoms in total. The molecule has 1 aliphatic heterocycles. The molecular formula is C25H33ClIN7O4S. The molecule has 2 aromatic heterocycles. The number of hydrogen-bond acceptors (Lipinski definition) is 7. The minimum atomic E-state index is -0.885. The number of quaternary nitrogens is 1. The SMILES string of the molecule is CN(C)C(=O)[C@H]1CC[C@H](NC(=O)C(=O)Nc2ccc(Cl)cn2)[C@H](NC(=O)c2nc3c(s2)C[N+](C)(C)CC3)C1.[I-]. The number of anilines is 1. The van der Waals surface area contributed by atoms with Crippen molar-refractivity contribution in [3.05, 3.63) is 38.9 Å². The third-order valence-electron chi connectivity index (χ3n) is 6.95. The van der Waals surface area contributed by atoms with Gasteiger partial charge in [-0.05, 0) is 31.4 Å². The molecule has 0 bridgehead atoms. The van der Waals surface area contributed by atoms with Crippen molar-refractivity contribution in [2.75, 3.05) is 40.1 Å². The molecule has 2 aliphatic rings. The van der Waals surface area contributed by atoms with E-state index in [2.05, 4.69) is 40.0 Å². The van der Waals surface area contributed by atoms with Crippen LogP contribution >= 0.6 is 22.9 Å². The highest BCUT2D eigenvalue weighted by Gasteiger charge is 2.38. The molecule has 0 saturated heterocycles. The topological polar surface area (TPSA) is 133 Å². The maximum Gasteiger partial charge on any atom is 0.314 e. The Morgan fingerprint density at radius 1 is 1.08 bits per heavy atom. The zero-order valence-electron chi connectivity index (χ0n) is 22.3. The van der Waals surface area contributed by atoms with E-state index in [0.717, 1.165) is 34.6 Å². The summed E-state index contributed by atoms with van der Waals surface area (Å²) in [6, 6.07) is 1.95. The molecule has 212 valence electrons. The first-order chi connectivity index (χ1) is 17.9. The van der Waals surface area contributed by atoms with Crippen LogP contribution in [0.5, 0.6) is 0 Å². The Morgan fingerprint density at radius 3 is 2.49 bits per heavy atom. The number of carbonyl (C=O) groups is 4. The van der Waals surface area contributed by atoms with E-state index < -0.39 is 23.9 Å². The van der Waals surface area contributed by atoms with Gasteiger partial charge in [0.1, 0.15) is 12.4 Å². The third-order valence-corrected chi connectivity index (χ3v) is 8.25. The van der Waals surface area contributed by atoms with Crippen molar-refractivity contribution in [1.29, 1.82) is 0 Å². The first kappa shape index (κ1) is 31.2. The molecule has 0 spiro atoms. The van der Waals surface area contributed by atoms with Gasteiger partial charge >= 0.3 is 11.8 Å². The highest BCUT2D eigenvalue weighted by Crippen LogP contribution is 2.29. The summed E-state index contributed by atoms with van der Waals surface area (Å²) in [7, 11) is 7.69. The number of nitrogens with one attached hydrogen (secondary N) is 3. The van der Waals surface area contributed by atoms with Crippen molar-refractivity contribution in [3.63, 3.8) is 0 Å². The summed E-state index contributed by atoms with van der Waals surface area (Å²) in [6.45, 7) is 1.77. The van der Waals surface area contributed by atoms with E-state index in [1.54, 1.807) is 20.2 Å². The summed E-state index contributed by atoms with van der Waals surface area (Å²) in [4.78, 5) is 62.4. The summed E-state index contributed by atoms with van der Waals surface area (Å²) in [5.41, 5.74) is 0.958. The van der Waals surface area contributed by atoms with Crippen molar-refractivity contribution in [2.45, 2.75) is 44.3 Å². The van der Waals surface area contributed by atoms with E-state index in [4.69, 9.17) is 11.6 Å². The van der Waals surface area contributed by atoms with Gasteiger partial charge < -0.3 is 49.3 Å². The lowest BCUT2D eigenvalue weighted by Gasteiger charge is -2.37. The number of nitrogens with zero attached hydrogens (tertiary/aromatic N) is 4. The maximum atomic E-state index is 13.3. The van der Waals surface area contributed by atoms with Crippen LogP contribution in [0, 0.1) is 5.92 Å². The standard InChI is InChI=1S/C25H32ClN7O4S.HI/c1-32(2)25(37)14-5-7-16(28-21(34)22(35)31-20-8-6-15(26)12-27-20)18(11-14)29-23(36)24-30-17-9-10-33(3,4)13-19(17)38-24;/h6,8,12,14,16,18H,5,7,9-11,13H2,1-4H3,(H2-,27,28,29,31,34,35,36);1H/t14-,16-,18+;/m0./s1. The minimum Gasteiger partial charge on any atom is -1.00 e. The smallest absolute Gasteiger partial charge is 0.314 e. The molecule has 1 aliphatic carbocycles. The second-order valence-corrected chi connectivity index (χ2v) is 12.2. The van der Waals surface area contributed by atoms with E-state index >= 15 is 0 Å². The molecule has 4 rings (SSSR count). The molecule has 0 aromatic carbocycles. The lowest BCUT2D eigenvalue weighted by atomic mass is 9.81. The van der Waals surface area contributed by atoms with Gasteiger partial charge in [0.25, 0.3) is 5.91 Å². The molecule has 3 atom stereocenters. The number of carbonyl (C=O) groups excluding carboxylic acids is 4. The van der Waals surface area contributed by atoms with Gasteiger partial charge in [0.2, 0.25) is 5.91 Å². The van der Waals surface area contributed by atoms with Gasteiger partial charge in [0.15, 0.2) is 5.01 Å². The average molecular weight is 690 g/mol. The number of likely N-dealkylation sites (N-methyl/N-ethyl adjacent to an activating group) is 1. The molecule has 3 N–H and O–H groups in total. The monoisotopic (exact) mass is 689 g/mol. The lowest BCUT2D eigenvalue weighted by Crippen LogP contribution is -3.00. The predicted octanol–water partition coefficient (Wildman–Crippen LogP) is -1.56. The molecule has 4 amide bonds. The Labute approximate surface area is 253 Å². The Kier molecular flexibility index (Phi) is 10.3. The number of thiazole rings is 1. The molecule has 14 heteroatoms. The van der Waals surface area contributed by atoms with E-state index in [0.29, 0.717) is 29.3 Å². The van der Waals surface area contributed by atoms with E-state index in [1.165, 1.54) is 28.5 Å². The number of pyridine rings is 1. The predicted molar refractivity (Wildman–Crippen MR) is 144 cm³/mol. The van der Waals surface area contributed by atoms with Crippen LogP contribution in [-0.4, -0.2) is 89.8 Å². The van der Waals surface area contributed by atoms with Crippen LogP contribution in [0.25, 0.3) is 0 Å². The highest BCUT2D eigenvalue weighted by molar-refractivity contribution is 7.13. The summed E-state index contributed by atoms with van der Waals surface area (Å²) in [5, 5.41) is 8.95. The van der Waals surface area contributed by atoms with E-state index in [1.807, 2.05) is 0 Å². The Hall–Kier alpha value is -2.36. The number of amides is 4. The largest absolute Gasteiger partial charge is 1.00 e. The second kappa shape index (κ2) is 12.9. The summed E-state index contributed by atoms with van der Waals surface area (Å²) in [6.07, 6.45) is 3.45. The van der Waals surface area contributed by atoms with Crippen molar-refractivity contribution >= 4 is 52.4 Å². The van der Waals surface area contributed by atoms with Crippen molar-refractivity contribution in [1.82, 2.24) is 25.5 Å². The minimum absolute atomic E-state index is 0. The fourth-order valence-corrected chi connectivity index (χ4v) is 6.19. The number of rotatable bonds is 5. The van der Waals surface area contributed by atoms with Crippen LogP contribution in [0.15, 0.2) is 18.3 Å². The fourth-order valence-electron chi connectivity index (χ4n) is 4.85. The Bertz CT molecular complexity index is 1240. The lowest BCUT2D eigenvalue weighted by molar-refractivity contribution is -0.905. The van der Waals surface area contributed by atoms with Crippen LogP contribution < -0.4 is 39.9 Å². The van der Waals surface area contributed by atoms with Gasteiger partial charge in [0.05, 0.1) is 42.3 Å². The zero-order valence-corrected chi connectivity index (χ0v) is 26.0. The second-order valence-electron chi connectivity index (χ2n) is 10.7. The molecule has 2 aromatic rings. The molecule has 0 radical (unpaired) electrons. The maximum absolute atomic E-state index is 13.3. The van der Waals surface area contributed by atoms with Gasteiger partial charge in [0, 0.05) is 38.7 Å². The number of fused-ring (bicyclic) bond motifs is 1. The third kappa shape index (κ3) is 7.86. The van der Waals surface area contributed by atoms with Gasteiger partial charge in [-0.25, -0.2) is 9.97 Å². The molecule has 1 saturated carbocycles. The number of halogens is 2. The Morgan fingerprint density at radius 2 is 1.82 bits per heavy atom. The molecule has 0 unspecified atom stereocenters. The van der Waals surface area contributed by atoms with Crippen LogP contribution in [0.4, 0.5) is 5.82 Å². The van der Waals surface area contributed by atoms with Crippen molar-refractivity contribution in [2.24, 2.45) is 5.92 Å². The van der Waals surface area contributed by atoms with Crippen molar-refractivity contribution in [3.8, 4) is 0 Å². The molecular weight excluding hydrogens is 657 g/mol. The van der Waals surface area contributed by atoms with E-state index in [-0.39, 0.29) is 47.5 Å². The van der Waals surface area contributed by atoms with Gasteiger partial charge in [-0.1, -0.05) is 11.6 Å². The number of hydrogen-bond donors (Lipinski definition) is 3. The van der Waals surface area contributed by atoms with Crippen LogP contribution in [-0.2, 0) is 27.3 Å². The van der Waals surface area contributed by atoms with Gasteiger partial charge in [-0.2, -0.15) is 0 Å². The van der Waals surface area contributed by atoms with Crippen LogP contribution in [0.3, 0.4) is 0 Å². The molecule has 3 heterocycles. The van der Waals surface area contributed by atoms with E-state index in [9.17, 15) is 19.2 Å². The molecule has 1 fully saturated rings. The summed E-state index contributed by atoms with van der Waals surface area (Å²) < 4.78 is 0.842. The van der Waals surface area contributed by atoms with Crippen molar-refractivity contribution < 1.29 is 47.6 Å². The van der Waals surface area contributed by atoms with Crippen LogP contribution in [0.1, 0.15) is 39.6 Å². The average Bonchev–Trinajstić information content (AvgIpc) is 3.28. The van der Waals surface area contributed by atoms with Crippen LogP contribution in [0.2, 0.25) is 5.02 Å². The number of aromatic nitrogens is 2. The quantitative estimate of drug-likeness (QED) is 0.198. The summed E-state index contributed by atoms with van der Waals surface area (Å²) >= 11 is 7.20. The first-order valence-electron chi connectivity index (χ1n) is 12.5. The van der Waals surface area contributed by atoms with Gasteiger partial charge in [-0.3, -0.25) is 19.2 Å². The summed E-state index contributed by atoms with van der Waals surface area (Å²) in [5.74, 6) is -2.23. The Balaban J connectivity index is 0.00000420. The first-order valence-corrected chi connectivity index (χ1v) is 13.7. The zero-order chi connectivity index (χ0) is 27.6. The van der Waals surface area contributed by atoms with Gasteiger partial charge in [-0.15, -0.1) is 11.3 Å². The highest BCUT2D eigenvalue weighted by atomic mass is 127.